The van der Waals surface area contributed by atoms with Gasteiger partial charge in [-0.25, -0.2) is 4.98 Å². The van der Waals surface area contributed by atoms with Crippen LogP contribution >= 0.6 is 0 Å². The third-order valence-corrected chi connectivity index (χ3v) is 4.22. The van der Waals surface area contributed by atoms with Crippen LogP contribution in [0.25, 0.3) is 0 Å². The third kappa shape index (κ3) is 3.39. The zero-order valence-corrected chi connectivity index (χ0v) is 12.4. The predicted molar refractivity (Wildman–Crippen MR) is 82.3 cm³/mol. The number of hydrogen-bond donors (Lipinski definition) is 2. The maximum Gasteiger partial charge on any atom is 0.225 e. The topological polar surface area (TPSA) is 53.1 Å². The SMILES string of the molecule is Cc1cc(N2CCNCC2)nc(NC2CCCCC2)n1. The lowest BCUT2D eigenvalue weighted by atomic mass is 9.96. The van der Waals surface area contributed by atoms with Gasteiger partial charge in [-0.2, -0.15) is 4.98 Å². The number of anilines is 2. The predicted octanol–water partition coefficient (Wildman–Crippen LogP) is 1.94. The molecule has 0 bridgehead atoms. The molecule has 0 aromatic carbocycles. The summed E-state index contributed by atoms with van der Waals surface area (Å²) in [6.07, 6.45) is 6.53. The Morgan fingerprint density at radius 2 is 1.90 bits per heavy atom. The van der Waals surface area contributed by atoms with Gasteiger partial charge in [-0.1, -0.05) is 19.3 Å². The van der Waals surface area contributed by atoms with Crippen LogP contribution in [0, 0.1) is 6.92 Å². The second-order valence-electron chi connectivity index (χ2n) is 5.91. The largest absolute Gasteiger partial charge is 0.354 e. The molecule has 2 N–H and O–H groups in total. The summed E-state index contributed by atoms with van der Waals surface area (Å²) >= 11 is 0. The first-order chi connectivity index (χ1) is 9.81. The molecule has 0 spiro atoms. The molecule has 0 atom stereocenters. The van der Waals surface area contributed by atoms with Gasteiger partial charge in [-0.05, 0) is 19.8 Å². The Balaban J connectivity index is 1.71. The van der Waals surface area contributed by atoms with Gasteiger partial charge >= 0.3 is 0 Å². The van der Waals surface area contributed by atoms with Crippen molar-refractivity contribution in [2.45, 2.75) is 45.1 Å². The molecular weight excluding hydrogens is 250 g/mol. The molecule has 1 aliphatic carbocycles. The summed E-state index contributed by atoms with van der Waals surface area (Å²) in [7, 11) is 0. The molecule has 0 radical (unpaired) electrons. The fourth-order valence-corrected chi connectivity index (χ4v) is 3.10. The molecule has 5 heteroatoms. The van der Waals surface area contributed by atoms with Crippen LogP contribution in [-0.4, -0.2) is 42.2 Å². The molecule has 1 saturated heterocycles. The summed E-state index contributed by atoms with van der Waals surface area (Å²) < 4.78 is 0. The number of hydrogen-bond acceptors (Lipinski definition) is 5. The van der Waals surface area contributed by atoms with E-state index in [0.717, 1.165) is 43.6 Å². The molecular formula is C15H25N5. The van der Waals surface area contributed by atoms with Gasteiger partial charge in [-0.15, -0.1) is 0 Å². The summed E-state index contributed by atoms with van der Waals surface area (Å²) in [5.74, 6) is 1.88. The molecule has 110 valence electrons. The fraction of sp³-hybridized carbons (Fsp3) is 0.733. The zero-order chi connectivity index (χ0) is 13.8. The lowest BCUT2D eigenvalue weighted by Gasteiger charge is -2.29. The summed E-state index contributed by atoms with van der Waals surface area (Å²) in [5.41, 5.74) is 1.05. The smallest absolute Gasteiger partial charge is 0.225 e. The zero-order valence-electron chi connectivity index (χ0n) is 12.4. The number of aryl methyl sites for hydroxylation is 1. The number of nitrogens with one attached hydrogen (secondary N) is 2. The highest BCUT2D eigenvalue weighted by Gasteiger charge is 2.17. The molecule has 1 aromatic heterocycles. The molecule has 2 heterocycles. The van der Waals surface area contributed by atoms with Gasteiger partial charge in [0, 0.05) is 44.0 Å². The molecule has 2 fully saturated rings. The standard InChI is InChI=1S/C15H25N5/c1-12-11-14(20-9-7-16-8-10-20)19-15(17-12)18-13-5-3-2-4-6-13/h11,13,16H,2-10H2,1H3,(H,17,18,19). The van der Waals surface area contributed by atoms with Gasteiger partial charge in [0.1, 0.15) is 5.82 Å². The maximum absolute atomic E-state index is 4.73. The van der Waals surface area contributed by atoms with E-state index in [9.17, 15) is 0 Å². The van der Waals surface area contributed by atoms with Crippen LogP contribution in [-0.2, 0) is 0 Å². The van der Waals surface area contributed by atoms with E-state index in [2.05, 4.69) is 33.5 Å². The fourth-order valence-electron chi connectivity index (χ4n) is 3.10. The molecule has 1 aliphatic heterocycles. The Morgan fingerprint density at radius 1 is 1.15 bits per heavy atom. The summed E-state index contributed by atoms with van der Waals surface area (Å²) in [4.78, 5) is 11.6. The number of rotatable bonds is 3. The van der Waals surface area contributed by atoms with Crippen LogP contribution in [0.1, 0.15) is 37.8 Å². The Bertz CT molecular complexity index is 436. The van der Waals surface area contributed by atoms with Crippen LogP contribution in [0.15, 0.2) is 6.07 Å². The van der Waals surface area contributed by atoms with Crippen molar-refractivity contribution in [1.29, 1.82) is 0 Å². The first-order valence-corrected chi connectivity index (χ1v) is 7.89. The van der Waals surface area contributed by atoms with E-state index in [1.807, 2.05) is 0 Å². The highest BCUT2D eigenvalue weighted by atomic mass is 15.3. The van der Waals surface area contributed by atoms with Crippen LogP contribution in [0.4, 0.5) is 11.8 Å². The van der Waals surface area contributed by atoms with E-state index in [4.69, 9.17) is 4.98 Å². The van der Waals surface area contributed by atoms with Gasteiger partial charge in [0.15, 0.2) is 0 Å². The first kappa shape index (κ1) is 13.6. The molecule has 1 saturated carbocycles. The first-order valence-electron chi connectivity index (χ1n) is 7.89. The van der Waals surface area contributed by atoms with Gasteiger partial charge in [0.05, 0.1) is 0 Å². The number of aromatic nitrogens is 2. The Morgan fingerprint density at radius 3 is 2.65 bits per heavy atom. The molecule has 2 aliphatic rings. The Kier molecular flexibility index (Phi) is 4.35. The van der Waals surface area contributed by atoms with Crippen molar-refractivity contribution < 1.29 is 0 Å². The highest BCUT2D eigenvalue weighted by Crippen LogP contribution is 2.22. The summed E-state index contributed by atoms with van der Waals surface area (Å²) in [6.45, 7) is 6.18. The van der Waals surface area contributed by atoms with Crippen LogP contribution in [0.3, 0.4) is 0 Å². The average Bonchev–Trinajstić information content (AvgIpc) is 2.49. The molecule has 1 aromatic rings. The molecule has 0 unspecified atom stereocenters. The van der Waals surface area contributed by atoms with Crippen molar-refractivity contribution in [3.63, 3.8) is 0 Å². The summed E-state index contributed by atoms with van der Waals surface area (Å²) in [5, 5.41) is 6.92. The highest BCUT2D eigenvalue weighted by molar-refractivity contribution is 5.45. The van der Waals surface area contributed by atoms with Crippen molar-refractivity contribution in [3.8, 4) is 0 Å². The molecule has 3 rings (SSSR count). The van der Waals surface area contributed by atoms with Crippen molar-refractivity contribution >= 4 is 11.8 Å². The molecule has 0 amide bonds. The minimum absolute atomic E-state index is 0.557. The van der Waals surface area contributed by atoms with E-state index < -0.39 is 0 Å². The molecule has 5 nitrogen and oxygen atoms in total. The quantitative estimate of drug-likeness (QED) is 0.883. The van der Waals surface area contributed by atoms with Crippen LogP contribution in [0.2, 0.25) is 0 Å². The molecule has 20 heavy (non-hydrogen) atoms. The van der Waals surface area contributed by atoms with Gasteiger partial charge in [0.2, 0.25) is 5.95 Å². The third-order valence-electron chi connectivity index (χ3n) is 4.22. The van der Waals surface area contributed by atoms with Crippen molar-refractivity contribution in [2.75, 3.05) is 36.4 Å². The Hall–Kier alpha value is -1.36. The average molecular weight is 275 g/mol. The monoisotopic (exact) mass is 275 g/mol. The van der Waals surface area contributed by atoms with E-state index in [1.165, 1.54) is 32.1 Å². The number of piperazine rings is 1. The minimum Gasteiger partial charge on any atom is -0.354 e. The van der Waals surface area contributed by atoms with E-state index >= 15 is 0 Å². The normalized spacial score (nSPS) is 20.9. The Labute approximate surface area is 121 Å². The lowest BCUT2D eigenvalue weighted by Crippen LogP contribution is -2.44. The van der Waals surface area contributed by atoms with Gasteiger partial charge in [-0.3, -0.25) is 0 Å². The second-order valence-corrected chi connectivity index (χ2v) is 5.91. The van der Waals surface area contributed by atoms with Crippen molar-refractivity contribution in [3.05, 3.63) is 11.8 Å². The van der Waals surface area contributed by atoms with E-state index in [0.29, 0.717) is 6.04 Å². The minimum atomic E-state index is 0.557. The number of nitrogens with zero attached hydrogens (tertiary/aromatic N) is 3. The maximum atomic E-state index is 4.73. The van der Waals surface area contributed by atoms with E-state index in [-0.39, 0.29) is 0 Å². The second kappa shape index (κ2) is 6.39. The summed E-state index contributed by atoms with van der Waals surface area (Å²) in [6, 6.07) is 2.65. The van der Waals surface area contributed by atoms with Crippen molar-refractivity contribution in [1.82, 2.24) is 15.3 Å². The van der Waals surface area contributed by atoms with Gasteiger partial charge < -0.3 is 15.5 Å². The van der Waals surface area contributed by atoms with Crippen LogP contribution < -0.4 is 15.5 Å². The van der Waals surface area contributed by atoms with Gasteiger partial charge in [0.25, 0.3) is 0 Å². The van der Waals surface area contributed by atoms with Crippen LogP contribution in [0.5, 0.6) is 0 Å². The van der Waals surface area contributed by atoms with Crippen molar-refractivity contribution in [2.24, 2.45) is 0 Å². The lowest BCUT2D eigenvalue weighted by molar-refractivity contribution is 0.460. The van der Waals surface area contributed by atoms with E-state index in [1.54, 1.807) is 0 Å².